The molecule has 1 aromatic carbocycles. The first-order chi connectivity index (χ1) is 9.58. The molecule has 0 spiro atoms. The number of amides is 2. The molecule has 4 N–H and O–H groups in total. The molecule has 6 nitrogen and oxygen atoms in total. The fraction of sp³-hybridized carbons (Fsp3) is 0.286. The average molecular weight is 276 g/mol. The summed E-state index contributed by atoms with van der Waals surface area (Å²) in [6, 6.07) is 4.73. The molecule has 20 heavy (non-hydrogen) atoms. The Morgan fingerprint density at radius 3 is 2.80 bits per heavy atom. The summed E-state index contributed by atoms with van der Waals surface area (Å²) in [5.74, 6) is 5.07. The predicted molar refractivity (Wildman–Crippen MR) is 73.1 cm³/mol. The second-order valence-corrected chi connectivity index (χ2v) is 3.84. The lowest BCUT2D eigenvalue weighted by Gasteiger charge is -2.07. The van der Waals surface area contributed by atoms with Crippen molar-refractivity contribution < 1.29 is 19.4 Å². The molecule has 0 radical (unpaired) electrons. The zero-order chi connectivity index (χ0) is 15.0. The molecule has 0 heterocycles. The molecule has 0 aliphatic carbocycles. The zero-order valence-electron chi connectivity index (χ0n) is 11.1. The summed E-state index contributed by atoms with van der Waals surface area (Å²) in [4.78, 5) is 22.4. The van der Waals surface area contributed by atoms with Gasteiger partial charge in [0, 0.05) is 12.0 Å². The van der Waals surface area contributed by atoms with Crippen LogP contribution in [0.4, 0.5) is 0 Å². The van der Waals surface area contributed by atoms with E-state index >= 15 is 0 Å². The number of methoxy groups -OCH3 is 1. The quantitative estimate of drug-likeness (QED) is 0.639. The number of nitrogens with two attached hydrogens (primary N) is 1. The molecule has 6 heteroatoms. The van der Waals surface area contributed by atoms with E-state index < -0.39 is 11.8 Å². The molecule has 0 unspecified atom stereocenters. The first kappa shape index (κ1) is 15.5. The first-order valence-corrected chi connectivity index (χ1v) is 5.92. The van der Waals surface area contributed by atoms with Crippen molar-refractivity contribution in [3.63, 3.8) is 0 Å². The van der Waals surface area contributed by atoms with Crippen molar-refractivity contribution in [2.24, 2.45) is 5.73 Å². The van der Waals surface area contributed by atoms with Crippen LogP contribution in [0, 0.1) is 11.8 Å². The molecule has 0 atom stereocenters. The number of hydrogen-bond donors (Lipinski definition) is 3. The van der Waals surface area contributed by atoms with Crippen molar-refractivity contribution in [3.05, 3.63) is 29.3 Å². The van der Waals surface area contributed by atoms with Crippen LogP contribution in [-0.2, 0) is 4.79 Å². The maximum atomic E-state index is 11.8. The Morgan fingerprint density at radius 2 is 2.20 bits per heavy atom. The molecule has 0 aliphatic rings. The Kier molecular flexibility index (Phi) is 6.07. The van der Waals surface area contributed by atoms with Crippen molar-refractivity contribution in [1.82, 2.24) is 5.32 Å². The van der Waals surface area contributed by atoms with Crippen LogP contribution in [0.25, 0.3) is 0 Å². The molecule has 1 aromatic rings. The Balaban J connectivity index is 2.94. The van der Waals surface area contributed by atoms with Crippen LogP contribution in [-0.4, -0.2) is 37.2 Å². The summed E-state index contributed by atoms with van der Waals surface area (Å²) in [7, 11) is 1.50. The Hall–Kier alpha value is -2.52. The molecular formula is C14H16N2O4. The fourth-order valence-electron chi connectivity index (χ4n) is 1.43. The molecule has 0 fully saturated rings. The third-order valence-corrected chi connectivity index (χ3v) is 2.34. The second-order valence-electron chi connectivity index (χ2n) is 3.84. The minimum absolute atomic E-state index is 0.0336. The van der Waals surface area contributed by atoms with E-state index in [9.17, 15) is 9.59 Å². The van der Waals surface area contributed by atoms with Crippen molar-refractivity contribution in [1.29, 1.82) is 0 Å². The molecule has 106 valence electrons. The number of nitrogens with one attached hydrogen (secondary N) is 1. The summed E-state index contributed by atoms with van der Waals surface area (Å²) >= 11 is 0. The average Bonchev–Trinajstić information content (AvgIpc) is 2.44. The van der Waals surface area contributed by atoms with Gasteiger partial charge in [0.1, 0.15) is 5.75 Å². The van der Waals surface area contributed by atoms with Crippen LogP contribution in [0.1, 0.15) is 22.3 Å². The zero-order valence-corrected chi connectivity index (χ0v) is 11.1. The van der Waals surface area contributed by atoms with E-state index in [0.717, 1.165) is 0 Å². The molecular weight excluding hydrogens is 260 g/mol. The molecule has 1 rings (SSSR count). The molecule has 0 aromatic heterocycles. The summed E-state index contributed by atoms with van der Waals surface area (Å²) in [6.45, 7) is -0.259. The normalized spacial score (nSPS) is 9.30. The van der Waals surface area contributed by atoms with Gasteiger partial charge in [0.05, 0.1) is 25.8 Å². The maximum Gasteiger partial charge on any atom is 0.251 e. The van der Waals surface area contributed by atoms with Gasteiger partial charge in [-0.2, -0.15) is 0 Å². The van der Waals surface area contributed by atoms with Crippen LogP contribution >= 0.6 is 0 Å². The van der Waals surface area contributed by atoms with Crippen molar-refractivity contribution >= 4 is 11.8 Å². The summed E-state index contributed by atoms with van der Waals surface area (Å²) in [5.41, 5.74) is 5.84. The SMILES string of the molecule is COc1ccc(C(=O)NCC(N)=O)cc1C#CCCO. The van der Waals surface area contributed by atoms with E-state index in [4.69, 9.17) is 15.6 Å². The van der Waals surface area contributed by atoms with Crippen LogP contribution in [0.5, 0.6) is 5.75 Å². The highest BCUT2D eigenvalue weighted by Gasteiger charge is 2.09. The predicted octanol–water partition coefficient (Wildman–Crippen LogP) is -0.356. The van der Waals surface area contributed by atoms with Crippen molar-refractivity contribution in [2.45, 2.75) is 6.42 Å². The standard InChI is InChI=1S/C14H16N2O4/c1-20-12-6-5-11(14(19)16-9-13(15)18)8-10(12)4-2-3-7-17/h5-6,8,17H,3,7,9H2,1H3,(H2,15,18)(H,16,19). The number of aliphatic hydroxyl groups is 1. The summed E-state index contributed by atoms with van der Waals surface area (Å²) < 4.78 is 5.14. The summed E-state index contributed by atoms with van der Waals surface area (Å²) in [5, 5.41) is 11.1. The first-order valence-electron chi connectivity index (χ1n) is 5.92. The van der Waals surface area contributed by atoms with Gasteiger partial charge in [-0.15, -0.1) is 0 Å². The Bertz CT molecular complexity index is 558. The maximum absolute atomic E-state index is 11.8. The number of ether oxygens (including phenoxy) is 1. The lowest BCUT2D eigenvalue weighted by Crippen LogP contribution is -2.33. The highest BCUT2D eigenvalue weighted by Crippen LogP contribution is 2.18. The summed E-state index contributed by atoms with van der Waals surface area (Å²) in [6.07, 6.45) is 0.335. The van der Waals surface area contributed by atoms with Gasteiger partial charge < -0.3 is 20.9 Å². The smallest absolute Gasteiger partial charge is 0.251 e. The van der Waals surface area contributed by atoms with E-state index in [1.54, 1.807) is 18.2 Å². The van der Waals surface area contributed by atoms with Gasteiger partial charge in [-0.25, -0.2) is 0 Å². The highest BCUT2D eigenvalue weighted by atomic mass is 16.5. The molecule has 0 bridgehead atoms. The number of primary amides is 1. The second kappa shape index (κ2) is 7.81. The molecule has 0 saturated carbocycles. The van der Waals surface area contributed by atoms with Crippen molar-refractivity contribution in [2.75, 3.05) is 20.3 Å². The van der Waals surface area contributed by atoms with Gasteiger partial charge in [-0.1, -0.05) is 11.8 Å². The van der Waals surface area contributed by atoms with Crippen LogP contribution in [0.2, 0.25) is 0 Å². The molecule has 0 saturated heterocycles. The van der Waals surface area contributed by atoms with Crippen molar-refractivity contribution in [3.8, 4) is 17.6 Å². The number of rotatable bonds is 5. The van der Waals surface area contributed by atoms with E-state index in [1.807, 2.05) is 0 Å². The number of carbonyl (C=O) groups is 2. The number of carbonyl (C=O) groups excluding carboxylic acids is 2. The minimum Gasteiger partial charge on any atom is -0.495 e. The molecule has 2 amide bonds. The lowest BCUT2D eigenvalue weighted by molar-refractivity contribution is -0.117. The molecule has 0 aliphatic heterocycles. The van der Waals surface area contributed by atoms with E-state index in [-0.39, 0.29) is 13.2 Å². The van der Waals surface area contributed by atoms with Crippen LogP contribution in [0.15, 0.2) is 18.2 Å². The number of aliphatic hydroxyl groups excluding tert-OH is 1. The Labute approximate surface area is 116 Å². The monoisotopic (exact) mass is 276 g/mol. The van der Waals surface area contributed by atoms with Gasteiger partial charge in [0.25, 0.3) is 5.91 Å². The van der Waals surface area contributed by atoms with Crippen LogP contribution in [0.3, 0.4) is 0 Å². The third kappa shape index (κ3) is 4.63. The lowest BCUT2D eigenvalue weighted by atomic mass is 10.1. The van der Waals surface area contributed by atoms with Gasteiger partial charge in [0.15, 0.2) is 0 Å². The number of hydrogen-bond acceptors (Lipinski definition) is 4. The Morgan fingerprint density at radius 1 is 1.45 bits per heavy atom. The topological polar surface area (TPSA) is 102 Å². The third-order valence-electron chi connectivity index (χ3n) is 2.34. The van der Waals surface area contributed by atoms with Gasteiger partial charge in [-0.3, -0.25) is 9.59 Å². The van der Waals surface area contributed by atoms with Gasteiger partial charge in [-0.05, 0) is 18.2 Å². The van der Waals surface area contributed by atoms with E-state index in [0.29, 0.717) is 23.3 Å². The number of benzene rings is 1. The largest absolute Gasteiger partial charge is 0.495 e. The highest BCUT2D eigenvalue weighted by molar-refractivity contribution is 5.96. The van der Waals surface area contributed by atoms with Crippen LogP contribution < -0.4 is 15.8 Å². The fourth-order valence-corrected chi connectivity index (χ4v) is 1.43. The van der Waals surface area contributed by atoms with E-state index in [2.05, 4.69) is 17.2 Å². The van der Waals surface area contributed by atoms with Gasteiger partial charge in [0.2, 0.25) is 5.91 Å². The minimum atomic E-state index is -0.616. The van der Waals surface area contributed by atoms with E-state index in [1.165, 1.54) is 7.11 Å². The van der Waals surface area contributed by atoms with Gasteiger partial charge >= 0.3 is 0 Å².